The van der Waals surface area contributed by atoms with Crippen LogP contribution in [0.25, 0.3) is 0 Å². The van der Waals surface area contributed by atoms with E-state index in [1.165, 1.54) is 12.1 Å². The van der Waals surface area contributed by atoms with Gasteiger partial charge in [-0.05, 0) is 48.8 Å². The normalized spacial score (nSPS) is 16.4. The van der Waals surface area contributed by atoms with Gasteiger partial charge in [0.25, 0.3) is 5.91 Å². The first-order valence-corrected chi connectivity index (χ1v) is 9.81. The SMILES string of the molecule is CC(C)CC(N)C(=O)N1CCC(c2ccc(C(=O)NC(=N)N)cc2C(F)(F)F)CC1. The monoisotopic (exact) mass is 427 g/mol. The summed E-state index contributed by atoms with van der Waals surface area (Å²) in [5, 5.41) is 9.03. The van der Waals surface area contributed by atoms with Crippen molar-refractivity contribution in [2.45, 2.75) is 51.2 Å². The van der Waals surface area contributed by atoms with E-state index >= 15 is 0 Å². The second kappa shape index (κ2) is 9.46. The molecule has 2 amide bonds. The molecule has 1 atom stereocenters. The summed E-state index contributed by atoms with van der Waals surface area (Å²) in [6.07, 6.45) is -3.33. The van der Waals surface area contributed by atoms with Gasteiger partial charge in [0.05, 0.1) is 11.6 Å². The van der Waals surface area contributed by atoms with Crippen LogP contribution in [0.3, 0.4) is 0 Å². The van der Waals surface area contributed by atoms with Crippen molar-refractivity contribution < 1.29 is 22.8 Å². The third kappa shape index (κ3) is 5.94. The highest BCUT2D eigenvalue weighted by atomic mass is 19.4. The van der Waals surface area contributed by atoms with Gasteiger partial charge in [0.2, 0.25) is 5.91 Å². The number of nitrogens with one attached hydrogen (secondary N) is 2. The minimum Gasteiger partial charge on any atom is -0.370 e. The predicted molar refractivity (Wildman–Crippen MR) is 107 cm³/mol. The van der Waals surface area contributed by atoms with Crippen LogP contribution in [0, 0.1) is 11.3 Å². The Hall–Kier alpha value is -2.62. The number of amides is 2. The summed E-state index contributed by atoms with van der Waals surface area (Å²) in [7, 11) is 0. The molecule has 1 aliphatic rings. The van der Waals surface area contributed by atoms with E-state index in [0.717, 1.165) is 6.07 Å². The zero-order valence-corrected chi connectivity index (χ0v) is 17.1. The molecule has 1 aliphatic heterocycles. The molecule has 166 valence electrons. The standard InChI is InChI=1S/C20H28F3N5O2/c1-11(2)9-16(24)18(30)28-7-5-12(6-8-28)14-4-3-13(17(29)27-19(25)26)10-15(14)20(21,22)23/h3-4,10-12,16H,5-9,24H2,1-2H3,(H4,25,26,27,29). The molecule has 0 spiro atoms. The number of rotatable bonds is 5. The quantitative estimate of drug-likeness (QED) is 0.425. The number of hydrogen-bond acceptors (Lipinski definition) is 4. The van der Waals surface area contributed by atoms with Crippen LogP contribution in [0.2, 0.25) is 0 Å². The van der Waals surface area contributed by atoms with Gasteiger partial charge in [-0.1, -0.05) is 19.9 Å². The Kier molecular flexibility index (Phi) is 7.46. The number of carbonyl (C=O) groups is 2. The molecule has 1 saturated heterocycles. The van der Waals surface area contributed by atoms with Crippen molar-refractivity contribution in [3.8, 4) is 0 Å². The number of nitrogens with zero attached hydrogens (tertiary/aromatic N) is 1. The highest BCUT2D eigenvalue weighted by molar-refractivity contribution is 6.04. The van der Waals surface area contributed by atoms with E-state index in [1.807, 2.05) is 19.2 Å². The number of benzene rings is 1. The van der Waals surface area contributed by atoms with Crippen LogP contribution in [0.15, 0.2) is 18.2 Å². The molecule has 0 radical (unpaired) electrons. The van der Waals surface area contributed by atoms with Crippen molar-refractivity contribution in [2.24, 2.45) is 17.4 Å². The molecule has 1 unspecified atom stereocenters. The van der Waals surface area contributed by atoms with Crippen molar-refractivity contribution in [3.05, 3.63) is 34.9 Å². The number of carbonyl (C=O) groups excluding carboxylic acids is 2. The summed E-state index contributed by atoms with van der Waals surface area (Å²) in [5.41, 5.74) is 10.0. The molecule has 0 bridgehead atoms. The first-order valence-electron chi connectivity index (χ1n) is 9.81. The van der Waals surface area contributed by atoms with Crippen LogP contribution in [0.1, 0.15) is 60.5 Å². The fourth-order valence-electron chi connectivity index (χ4n) is 3.75. The number of halogens is 3. The Balaban J connectivity index is 2.17. The van der Waals surface area contributed by atoms with Crippen LogP contribution in [0.4, 0.5) is 13.2 Å². The minimum absolute atomic E-state index is 0.0976. The number of nitrogens with two attached hydrogens (primary N) is 2. The van der Waals surface area contributed by atoms with Gasteiger partial charge in [0.15, 0.2) is 5.96 Å². The Morgan fingerprint density at radius 3 is 2.37 bits per heavy atom. The smallest absolute Gasteiger partial charge is 0.370 e. The van der Waals surface area contributed by atoms with Crippen molar-refractivity contribution >= 4 is 17.8 Å². The van der Waals surface area contributed by atoms with Gasteiger partial charge in [-0.3, -0.25) is 20.3 Å². The number of alkyl halides is 3. The maximum atomic E-state index is 13.7. The number of guanidine groups is 1. The molecule has 7 nitrogen and oxygen atoms in total. The second-order valence-corrected chi connectivity index (χ2v) is 8.00. The zero-order chi connectivity index (χ0) is 22.6. The third-order valence-electron chi connectivity index (χ3n) is 5.16. The summed E-state index contributed by atoms with van der Waals surface area (Å²) in [4.78, 5) is 26.0. The Morgan fingerprint density at radius 1 is 1.27 bits per heavy atom. The molecule has 1 heterocycles. The average Bonchev–Trinajstić information content (AvgIpc) is 2.65. The largest absolute Gasteiger partial charge is 0.416 e. The number of hydrogen-bond donors (Lipinski definition) is 4. The molecule has 30 heavy (non-hydrogen) atoms. The fraction of sp³-hybridized carbons (Fsp3) is 0.550. The molecule has 6 N–H and O–H groups in total. The summed E-state index contributed by atoms with van der Waals surface area (Å²) in [6.45, 7) is 4.61. The zero-order valence-electron chi connectivity index (χ0n) is 17.1. The highest BCUT2D eigenvalue weighted by Gasteiger charge is 2.37. The second-order valence-electron chi connectivity index (χ2n) is 8.00. The molecule has 0 saturated carbocycles. The maximum absolute atomic E-state index is 13.7. The molecule has 10 heteroatoms. The van der Waals surface area contributed by atoms with E-state index in [9.17, 15) is 22.8 Å². The summed E-state index contributed by atoms with van der Waals surface area (Å²) >= 11 is 0. The van der Waals surface area contributed by atoms with Crippen LogP contribution in [0.5, 0.6) is 0 Å². The third-order valence-corrected chi connectivity index (χ3v) is 5.16. The summed E-state index contributed by atoms with van der Waals surface area (Å²) < 4.78 is 41.0. The molecule has 1 aromatic rings. The van der Waals surface area contributed by atoms with Crippen LogP contribution in [-0.4, -0.2) is 41.8 Å². The van der Waals surface area contributed by atoms with Crippen LogP contribution < -0.4 is 16.8 Å². The lowest BCUT2D eigenvalue weighted by Crippen LogP contribution is -2.47. The van der Waals surface area contributed by atoms with E-state index in [1.54, 1.807) is 4.90 Å². The molecule has 1 aromatic carbocycles. The Morgan fingerprint density at radius 2 is 1.87 bits per heavy atom. The first kappa shape index (κ1) is 23.7. The van der Waals surface area contributed by atoms with Gasteiger partial charge in [-0.15, -0.1) is 0 Å². The first-order chi connectivity index (χ1) is 13.9. The molecule has 1 fully saturated rings. The topological polar surface area (TPSA) is 125 Å². The molecular weight excluding hydrogens is 399 g/mol. The van der Waals surface area contributed by atoms with Crippen molar-refractivity contribution in [1.82, 2.24) is 10.2 Å². The summed E-state index contributed by atoms with van der Waals surface area (Å²) in [6, 6.07) is 2.76. The predicted octanol–water partition coefficient (Wildman–Crippen LogP) is 2.41. The van der Waals surface area contributed by atoms with E-state index in [-0.39, 0.29) is 23.0 Å². The van der Waals surface area contributed by atoms with E-state index in [2.05, 4.69) is 0 Å². The average molecular weight is 427 g/mol. The molecule has 2 rings (SSSR count). The lowest BCUT2D eigenvalue weighted by molar-refractivity contribution is -0.139. The summed E-state index contributed by atoms with van der Waals surface area (Å²) in [5.74, 6) is -1.81. The van der Waals surface area contributed by atoms with Crippen molar-refractivity contribution in [3.63, 3.8) is 0 Å². The van der Waals surface area contributed by atoms with Crippen molar-refractivity contribution in [1.29, 1.82) is 5.41 Å². The van der Waals surface area contributed by atoms with Crippen LogP contribution >= 0.6 is 0 Å². The number of piperidine rings is 1. The van der Waals surface area contributed by atoms with E-state index in [0.29, 0.717) is 32.4 Å². The van der Waals surface area contributed by atoms with Gasteiger partial charge in [-0.2, -0.15) is 13.2 Å². The van der Waals surface area contributed by atoms with E-state index in [4.69, 9.17) is 16.9 Å². The fourth-order valence-corrected chi connectivity index (χ4v) is 3.75. The van der Waals surface area contributed by atoms with Gasteiger partial charge in [0.1, 0.15) is 0 Å². The highest BCUT2D eigenvalue weighted by Crippen LogP contribution is 2.39. The Labute approximate surface area is 173 Å². The Bertz CT molecular complexity index is 802. The van der Waals surface area contributed by atoms with Gasteiger partial charge < -0.3 is 16.4 Å². The van der Waals surface area contributed by atoms with Crippen LogP contribution in [-0.2, 0) is 11.0 Å². The lowest BCUT2D eigenvalue weighted by Gasteiger charge is -2.35. The van der Waals surface area contributed by atoms with Gasteiger partial charge in [-0.25, -0.2) is 0 Å². The molecule has 0 aliphatic carbocycles. The number of likely N-dealkylation sites (tertiary alicyclic amines) is 1. The lowest BCUT2D eigenvalue weighted by atomic mass is 9.85. The van der Waals surface area contributed by atoms with Gasteiger partial charge >= 0.3 is 6.18 Å². The van der Waals surface area contributed by atoms with Gasteiger partial charge in [0, 0.05) is 18.7 Å². The molecule has 0 aromatic heterocycles. The van der Waals surface area contributed by atoms with E-state index < -0.39 is 35.6 Å². The molecular formula is C20H28F3N5O2. The maximum Gasteiger partial charge on any atom is 0.416 e. The van der Waals surface area contributed by atoms with Crippen molar-refractivity contribution in [2.75, 3.05) is 13.1 Å². The minimum atomic E-state index is -4.64.